The Bertz CT molecular complexity index is 1350. The molecule has 0 spiro atoms. The van der Waals surface area contributed by atoms with Crippen LogP contribution in [0.4, 0.5) is 11.4 Å². The summed E-state index contributed by atoms with van der Waals surface area (Å²) in [7, 11) is 2.00. The van der Waals surface area contributed by atoms with Crippen LogP contribution in [0.5, 0.6) is 11.5 Å². The Morgan fingerprint density at radius 2 is 1.71 bits per heavy atom. The first-order valence-electron chi connectivity index (χ1n) is 11.1. The third-order valence-corrected chi connectivity index (χ3v) is 7.89. The average Bonchev–Trinajstić information content (AvgIpc) is 3.34. The number of ether oxygens (including phenoxy) is 1. The van der Waals surface area contributed by atoms with E-state index < -0.39 is 0 Å². The van der Waals surface area contributed by atoms with Gasteiger partial charge in [-0.05, 0) is 85.4 Å². The van der Waals surface area contributed by atoms with Gasteiger partial charge in [-0.15, -0.1) is 0 Å². The smallest absolute Gasteiger partial charge is 0.266 e. The van der Waals surface area contributed by atoms with Gasteiger partial charge in [0.25, 0.3) is 5.91 Å². The molecule has 0 aromatic heterocycles. The highest BCUT2D eigenvalue weighted by Crippen LogP contribution is 2.46. The topological polar surface area (TPSA) is 45.1 Å². The Kier molecular flexibility index (Phi) is 6.90. The van der Waals surface area contributed by atoms with Crippen molar-refractivity contribution in [2.75, 3.05) is 18.5 Å². The SMILES string of the molecule is CCN1C(=O)/C(=C/C=C2/Sc3ccc(Cl)cc3N2C)SC1=Nc1ccc(Oc2ccccc2)cc1. The van der Waals surface area contributed by atoms with E-state index in [1.807, 2.05) is 98.9 Å². The summed E-state index contributed by atoms with van der Waals surface area (Å²) in [4.78, 5) is 23.3. The highest BCUT2D eigenvalue weighted by atomic mass is 35.5. The molecule has 2 aliphatic rings. The average molecular weight is 520 g/mol. The van der Waals surface area contributed by atoms with E-state index in [2.05, 4.69) is 4.90 Å². The van der Waals surface area contributed by atoms with Crippen LogP contribution in [-0.4, -0.2) is 29.6 Å². The number of carbonyl (C=O) groups is 1. The molecular formula is C27H22ClN3O2S2. The third kappa shape index (κ3) is 5.12. The molecule has 5 nitrogen and oxygen atoms in total. The number of benzene rings is 3. The Morgan fingerprint density at radius 3 is 2.46 bits per heavy atom. The van der Waals surface area contributed by atoms with Gasteiger partial charge in [0.05, 0.1) is 21.3 Å². The van der Waals surface area contributed by atoms with Gasteiger partial charge in [0.2, 0.25) is 0 Å². The van der Waals surface area contributed by atoms with Crippen molar-refractivity contribution < 1.29 is 9.53 Å². The van der Waals surface area contributed by atoms with Crippen LogP contribution in [0, 0.1) is 0 Å². The molecule has 1 saturated heterocycles. The van der Waals surface area contributed by atoms with E-state index in [0.29, 0.717) is 21.6 Å². The summed E-state index contributed by atoms with van der Waals surface area (Å²) in [5.41, 5.74) is 1.83. The molecule has 0 saturated carbocycles. The number of nitrogens with zero attached hydrogens (tertiary/aromatic N) is 3. The Balaban J connectivity index is 1.33. The lowest BCUT2D eigenvalue weighted by molar-refractivity contribution is -0.122. The van der Waals surface area contributed by atoms with Gasteiger partial charge in [0, 0.05) is 23.5 Å². The summed E-state index contributed by atoms with van der Waals surface area (Å²) in [6.07, 6.45) is 3.85. The molecule has 0 N–H and O–H groups in total. The van der Waals surface area contributed by atoms with Crippen LogP contribution in [0.25, 0.3) is 0 Å². The summed E-state index contributed by atoms with van der Waals surface area (Å²) in [6.45, 7) is 2.50. The van der Waals surface area contributed by atoms with Gasteiger partial charge in [-0.3, -0.25) is 9.69 Å². The fourth-order valence-electron chi connectivity index (χ4n) is 3.64. The lowest BCUT2D eigenvalue weighted by Crippen LogP contribution is -2.28. The fourth-order valence-corrected chi connectivity index (χ4v) is 5.84. The molecule has 8 heteroatoms. The molecule has 0 aliphatic carbocycles. The number of amidine groups is 1. The Morgan fingerprint density at radius 1 is 0.971 bits per heavy atom. The molecule has 1 fully saturated rings. The van der Waals surface area contributed by atoms with E-state index in [1.165, 1.54) is 11.8 Å². The number of anilines is 1. The quantitative estimate of drug-likeness (QED) is 0.323. The van der Waals surface area contributed by atoms with Crippen molar-refractivity contribution in [3.63, 3.8) is 0 Å². The lowest BCUT2D eigenvalue weighted by Gasteiger charge is -2.13. The van der Waals surface area contributed by atoms with Crippen LogP contribution in [-0.2, 0) is 4.79 Å². The number of carbonyl (C=O) groups excluding carboxylic acids is 1. The molecule has 0 radical (unpaired) electrons. The molecule has 3 aromatic carbocycles. The summed E-state index contributed by atoms with van der Waals surface area (Å²) >= 11 is 9.20. The van der Waals surface area contributed by atoms with E-state index in [1.54, 1.807) is 16.7 Å². The number of rotatable bonds is 5. The van der Waals surface area contributed by atoms with Crippen LogP contribution >= 0.6 is 35.1 Å². The zero-order valence-corrected chi connectivity index (χ0v) is 21.5. The number of hydrogen-bond acceptors (Lipinski definition) is 6. The highest BCUT2D eigenvalue weighted by molar-refractivity contribution is 8.18. The summed E-state index contributed by atoms with van der Waals surface area (Å²) < 4.78 is 5.85. The van der Waals surface area contributed by atoms with Crippen LogP contribution < -0.4 is 9.64 Å². The number of hydrogen-bond donors (Lipinski definition) is 0. The highest BCUT2D eigenvalue weighted by Gasteiger charge is 2.32. The van der Waals surface area contributed by atoms with Crippen LogP contribution in [0.15, 0.2) is 105 Å². The van der Waals surface area contributed by atoms with E-state index in [9.17, 15) is 4.79 Å². The number of halogens is 1. The molecule has 2 heterocycles. The van der Waals surface area contributed by atoms with Crippen molar-refractivity contribution in [1.82, 2.24) is 4.90 Å². The second-order valence-electron chi connectivity index (χ2n) is 7.76. The molecular weight excluding hydrogens is 498 g/mol. The molecule has 0 atom stereocenters. The molecule has 35 heavy (non-hydrogen) atoms. The van der Waals surface area contributed by atoms with Gasteiger partial charge < -0.3 is 9.64 Å². The maximum absolute atomic E-state index is 13.0. The summed E-state index contributed by atoms with van der Waals surface area (Å²) in [6, 6.07) is 23.0. The lowest BCUT2D eigenvalue weighted by atomic mass is 10.3. The van der Waals surface area contributed by atoms with Crippen LogP contribution in [0.3, 0.4) is 0 Å². The number of para-hydroxylation sites is 1. The number of amides is 1. The minimum Gasteiger partial charge on any atom is -0.457 e. The van der Waals surface area contributed by atoms with Crippen molar-refractivity contribution >= 4 is 57.6 Å². The molecule has 3 aromatic rings. The van der Waals surface area contributed by atoms with Gasteiger partial charge in [-0.2, -0.15) is 0 Å². The van der Waals surface area contributed by atoms with Gasteiger partial charge >= 0.3 is 0 Å². The molecule has 5 rings (SSSR count). The summed E-state index contributed by atoms with van der Waals surface area (Å²) in [5, 5.41) is 2.41. The molecule has 1 amide bonds. The first-order valence-corrected chi connectivity index (χ1v) is 13.1. The second kappa shape index (κ2) is 10.2. The summed E-state index contributed by atoms with van der Waals surface area (Å²) in [5.74, 6) is 1.47. The van der Waals surface area contributed by atoms with E-state index >= 15 is 0 Å². The first-order chi connectivity index (χ1) is 17.0. The standard InChI is InChI=1S/C27H22ClN3O2S2/c1-3-31-26(32)24(15-16-25-30(2)22-17-18(28)9-14-23(22)34-25)35-27(31)29-19-10-12-21(13-11-19)33-20-7-5-4-6-8-20/h4-17H,3H2,1-2H3/b24-15-,25-16+,29-27?. The predicted octanol–water partition coefficient (Wildman–Crippen LogP) is 7.68. The minimum atomic E-state index is -0.0386. The fraction of sp³-hybridized carbons (Fsp3) is 0.111. The van der Waals surface area contributed by atoms with Gasteiger partial charge in [-0.25, -0.2) is 4.99 Å². The van der Waals surface area contributed by atoms with Crippen molar-refractivity contribution in [2.24, 2.45) is 4.99 Å². The van der Waals surface area contributed by atoms with Crippen molar-refractivity contribution in [3.8, 4) is 11.5 Å². The molecule has 2 aliphatic heterocycles. The monoisotopic (exact) mass is 519 g/mol. The number of thioether (sulfide) groups is 2. The first kappa shape index (κ1) is 23.6. The van der Waals surface area contributed by atoms with Gasteiger partial charge in [-0.1, -0.05) is 41.6 Å². The molecule has 0 unspecified atom stereocenters. The molecule has 176 valence electrons. The predicted molar refractivity (Wildman–Crippen MR) is 147 cm³/mol. The number of fused-ring (bicyclic) bond motifs is 1. The number of allylic oxidation sites excluding steroid dienone is 2. The van der Waals surface area contributed by atoms with Gasteiger partial charge in [0.15, 0.2) is 5.17 Å². The minimum absolute atomic E-state index is 0.0386. The zero-order chi connectivity index (χ0) is 24.4. The van der Waals surface area contributed by atoms with E-state index in [-0.39, 0.29) is 5.91 Å². The van der Waals surface area contributed by atoms with Crippen molar-refractivity contribution in [1.29, 1.82) is 0 Å². The number of likely N-dealkylation sites (N-methyl/N-ethyl adjacent to an activating group) is 1. The molecule has 0 bridgehead atoms. The third-order valence-electron chi connectivity index (χ3n) is 5.45. The van der Waals surface area contributed by atoms with E-state index in [4.69, 9.17) is 21.3 Å². The van der Waals surface area contributed by atoms with E-state index in [0.717, 1.165) is 32.8 Å². The van der Waals surface area contributed by atoms with Crippen molar-refractivity contribution in [3.05, 3.63) is 99.9 Å². The zero-order valence-electron chi connectivity index (χ0n) is 19.1. The van der Waals surface area contributed by atoms with Crippen LogP contribution in [0.2, 0.25) is 5.02 Å². The normalized spacial score (nSPS) is 18.7. The Labute approximate surface area is 218 Å². The number of aliphatic imine (C=N–C) groups is 1. The van der Waals surface area contributed by atoms with Crippen LogP contribution in [0.1, 0.15) is 6.92 Å². The maximum Gasteiger partial charge on any atom is 0.266 e. The van der Waals surface area contributed by atoms with Gasteiger partial charge in [0.1, 0.15) is 11.5 Å². The largest absolute Gasteiger partial charge is 0.457 e. The van der Waals surface area contributed by atoms with Crippen molar-refractivity contribution in [2.45, 2.75) is 11.8 Å². The second-order valence-corrected chi connectivity index (χ2v) is 10.3. The maximum atomic E-state index is 13.0. The Hall–Kier alpha value is -3.13.